The molecule has 1 saturated heterocycles. The van der Waals surface area contributed by atoms with Gasteiger partial charge in [-0.2, -0.15) is 5.26 Å². The number of hydrogen-bond acceptors (Lipinski definition) is 5. The zero-order valence-corrected chi connectivity index (χ0v) is 16.9. The van der Waals surface area contributed by atoms with Crippen LogP contribution in [0.3, 0.4) is 0 Å². The number of benzene rings is 1. The van der Waals surface area contributed by atoms with E-state index in [1.165, 1.54) is 0 Å². The van der Waals surface area contributed by atoms with Crippen molar-refractivity contribution in [3.8, 4) is 6.19 Å². The lowest BCUT2D eigenvalue weighted by atomic mass is 10.1. The maximum Gasteiger partial charge on any atom is 0.242 e. The van der Waals surface area contributed by atoms with Gasteiger partial charge in [-0.3, -0.25) is 0 Å². The van der Waals surface area contributed by atoms with Crippen molar-refractivity contribution >= 4 is 38.3 Å². The smallest absolute Gasteiger partial charge is 0.242 e. The van der Waals surface area contributed by atoms with Crippen molar-refractivity contribution in [3.63, 3.8) is 0 Å². The Morgan fingerprint density at radius 1 is 1.50 bits per heavy atom. The van der Waals surface area contributed by atoms with Crippen LogP contribution in [-0.4, -0.2) is 39.0 Å². The third-order valence-electron chi connectivity index (χ3n) is 4.22. The van der Waals surface area contributed by atoms with Gasteiger partial charge in [-0.15, -0.1) is 0 Å². The summed E-state index contributed by atoms with van der Waals surface area (Å²) < 4.78 is 28.8. The summed E-state index contributed by atoms with van der Waals surface area (Å²) >= 11 is 2.04. The quantitative estimate of drug-likeness (QED) is 0.481. The van der Waals surface area contributed by atoms with E-state index in [4.69, 9.17) is 5.26 Å². The van der Waals surface area contributed by atoms with Gasteiger partial charge in [0.15, 0.2) is 6.19 Å². The summed E-state index contributed by atoms with van der Waals surface area (Å²) in [5, 5.41) is 12.2. The van der Waals surface area contributed by atoms with Gasteiger partial charge >= 0.3 is 0 Å². The maximum absolute atomic E-state index is 12.7. The Labute approximate surface area is 157 Å². The van der Waals surface area contributed by atoms with Crippen LogP contribution in [0.1, 0.15) is 26.7 Å². The number of likely N-dealkylation sites (tertiary alicyclic amines) is 1. The van der Waals surface area contributed by atoms with E-state index in [-0.39, 0.29) is 10.9 Å². The first kappa shape index (κ1) is 19.3. The molecule has 0 saturated carbocycles. The van der Waals surface area contributed by atoms with Crippen LogP contribution < -0.4 is 10.0 Å². The second-order valence-corrected chi connectivity index (χ2v) is 9.04. The summed E-state index contributed by atoms with van der Waals surface area (Å²) in [6.45, 7) is 6.12. The summed E-state index contributed by atoms with van der Waals surface area (Å²) in [6.07, 6.45) is 3.78. The molecule has 1 aromatic carbocycles. The van der Waals surface area contributed by atoms with Gasteiger partial charge in [-0.05, 0) is 53.1 Å². The van der Waals surface area contributed by atoms with Crippen LogP contribution in [0.5, 0.6) is 0 Å². The molecular formula is C16H23IN4O2S. The van der Waals surface area contributed by atoms with Crippen LogP contribution in [0.15, 0.2) is 23.1 Å². The predicted molar refractivity (Wildman–Crippen MR) is 103 cm³/mol. The molecule has 0 amide bonds. The highest BCUT2D eigenvalue weighted by atomic mass is 127. The van der Waals surface area contributed by atoms with Crippen molar-refractivity contribution in [2.24, 2.45) is 5.92 Å². The Balaban J connectivity index is 2.12. The highest BCUT2D eigenvalue weighted by molar-refractivity contribution is 14.1. The van der Waals surface area contributed by atoms with Crippen LogP contribution in [0.4, 0.5) is 5.69 Å². The second kappa shape index (κ2) is 8.36. The fraction of sp³-hybridized carbons (Fsp3) is 0.562. The van der Waals surface area contributed by atoms with Crippen LogP contribution in [0.25, 0.3) is 0 Å². The van der Waals surface area contributed by atoms with Crippen LogP contribution in [-0.2, 0) is 10.0 Å². The fourth-order valence-corrected chi connectivity index (χ4v) is 5.06. The molecule has 1 heterocycles. The Hall–Kier alpha value is -1.05. The minimum atomic E-state index is -3.61. The lowest BCUT2D eigenvalue weighted by molar-refractivity contribution is 0.470. The molecule has 8 heteroatoms. The molecule has 0 aromatic heterocycles. The third-order valence-corrected chi connectivity index (χ3v) is 7.09. The normalized spacial score (nSPS) is 19.1. The van der Waals surface area contributed by atoms with Crippen LogP contribution in [0.2, 0.25) is 0 Å². The van der Waals surface area contributed by atoms with Crippen molar-refractivity contribution in [1.29, 1.82) is 5.26 Å². The van der Waals surface area contributed by atoms with E-state index in [1.807, 2.05) is 34.7 Å². The number of nitriles is 1. The van der Waals surface area contributed by atoms with Gasteiger partial charge in [0.05, 0.1) is 4.90 Å². The highest BCUT2D eigenvalue weighted by Gasteiger charge is 2.28. The van der Waals surface area contributed by atoms with Crippen LogP contribution >= 0.6 is 22.6 Å². The first-order valence-electron chi connectivity index (χ1n) is 8.06. The SMILES string of the molecule is CCC(C)CNc1ccc(I)c(S(=O)(=O)N[C@@H]2CCN(C#N)C2)c1. The first-order valence-corrected chi connectivity index (χ1v) is 10.6. The number of halogens is 1. The Bertz CT molecular complexity index is 717. The summed E-state index contributed by atoms with van der Waals surface area (Å²) in [7, 11) is -3.61. The first-order chi connectivity index (χ1) is 11.4. The summed E-state index contributed by atoms with van der Waals surface area (Å²) in [4.78, 5) is 1.86. The zero-order chi connectivity index (χ0) is 17.7. The van der Waals surface area contributed by atoms with E-state index in [0.717, 1.165) is 18.7 Å². The summed E-state index contributed by atoms with van der Waals surface area (Å²) in [6, 6.07) is 5.17. The van der Waals surface area contributed by atoms with Crippen molar-refractivity contribution in [3.05, 3.63) is 21.8 Å². The number of sulfonamides is 1. The Morgan fingerprint density at radius 2 is 2.25 bits per heavy atom. The van der Waals surface area contributed by atoms with Gasteiger partial charge in [0.1, 0.15) is 0 Å². The molecule has 1 aromatic rings. The molecule has 0 bridgehead atoms. The van der Waals surface area contributed by atoms with Crippen molar-refractivity contribution in [2.75, 3.05) is 25.0 Å². The molecule has 2 rings (SSSR count). The van der Waals surface area contributed by atoms with Crippen molar-refractivity contribution in [1.82, 2.24) is 9.62 Å². The van der Waals surface area contributed by atoms with Crippen molar-refractivity contribution < 1.29 is 8.42 Å². The molecule has 1 aliphatic rings. The fourth-order valence-electron chi connectivity index (χ4n) is 2.49. The molecule has 1 fully saturated rings. The molecule has 0 aliphatic carbocycles. The minimum Gasteiger partial charge on any atom is -0.385 e. The lowest BCUT2D eigenvalue weighted by Gasteiger charge is -2.16. The average molecular weight is 462 g/mol. The molecule has 6 nitrogen and oxygen atoms in total. The van der Waals surface area contributed by atoms with E-state index in [9.17, 15) is 8.42 Å². The van der Waals surface area contributed by atoms with E-state index in [1.54, 1.807) is 11.0 Å². The van der Waals surface area contributed by atoms with E-state index < -0.39 is 10.0 Å². The van der Waals surface area contributed by atoms with Gasteiger partial charge in [0, 0.05) is 34.9 Å². The summed E-state index contributed by atoms with van der Waals surface area (Å²) in [5.41, 5.74) is 0.807. The second-order valence-electron chi connectivity index (χ2n) is 6.19. The molecule has 0 spiro atoms. The number of anilines is 1. The van der Waals surface area contributed by atoms with E-state index in [2.05, 4.69) is 30.1 Å². The molecule has 2 N–H and O–H groups in total. The van der Waals surface area contributed by atoms with E-state index >= 15 is 0 Å². The maximum atomic E-state index is 12.7. The Morgan fingerprint density at radius 3 is 2.88 bits per heavy atom. The number of hydrogen-bond donors (Lipinski definition) is 2. The standard InChI is InChI=1S/C16H23IN4O2S/c1-3-12(2)9-19-13-4-5-15(17)16(8-13)24(22,23)20-14-6-7-21(10-14)11-18/h4-5,8,12,14,19-20H,3,6-7,9-10H2,1-2H3/t12?,14-/m1/s1. The monoisotopic (exact) mass is 462 g/mol. The molecule has 24 heavy (non-hydrogen) atoms. The highest BCUT2D eigenvalue weighted by Crippen LogP contribution is 2.24. The van der Waals surface area contributed by atoms with Gasteiger partial charge in [0.2, 0.25) is 10.0 Å². The van der Waals surface area contributed by atoms with Crippen molar-refractivity contribution in [2.45, 2.75) is 37.6 Å². The van der Waals surface area contributed by atoms with Gasteiger partial charge in [-0.1, -0.05) is 20.3 Å². The summed E-state index contributed by atoms with van der Waals surface area (Å²) in [5.74, 6) is 0.526. The van der Waals surface area contributed by atoms with Gasteiger partial charge in [0.25, 0.3) is 0 Å². The Kier molecular flexibility index (Phi) is 6.71. The molecular weight excluding hydrogens is 439 g/mol. The minimum absolute atomic E-state index is 0.220. The molecule has 0 radical (unpaired) electrons. The van der Waals surface area contributed by atoms with Gasteiger partial charge < -0.3 is 10.2 Å². The number of nitrogens with one attached hydrogen (secondary N) is 2. The molecule has 132 valence electrons. The third kappa shape index (κ3) is 4.97. The molecule has 1 aliphatic heterocycles. The topological polar surface area (TPSA) is 85.2 Å². The number of nitrogens with zero attached hydrogens (tertiary/aromatic N) is 2. The average Bonchev–Trinajstić information content (AvgIpc) is 3.00. The largest absolute Gasteiger partial charge is 0.385 e. The lowest BCUT2D eigenvalue weighted by Crippen LogP contribution is -2.36. The number of rotatable bonds is 7. The van der Waals surface area contributed by atoms with Gasteiger partial charge in [-0.25, -0.2) is 13.1 Å². The molecule has 1 unspecified atom stereocenters. The predicted octanol–water partition coefficient (Wildman–Crippen LogP) is 2.58. The van der Waals surface area contributed by atoms with E-state index in [0.29, 0.717) is 29.0 Å². The van der Waals surface area contributed by atoms with Crippen LogP contribution in [0, 0.1) is 20.9 Å². The molecule has 2 atom stereocenters. The zero-order valence-electron chi connectivity index (χ0n) is 13.9.